The molecule has 3 rings (SSSR count). The fourth-order valence-electron chi connectivity index (χ4n) is 2.67. The highest BCUT2D eigenvalue weighted by Crippen LogP contribution is 2.46. The van der Waals surface area contributed by atoms with Gasteiger partial charge in [0.25, 0.3) is 0 Å². The summed E-state index contributed by atoms with van der Waals surface area (Å²) in [7, 11) is 4.00. The molecule has 0 aliphatic carbocycles. The van der Waals surface area contributed by atoms with Gasteiger partial charge >= 0.3 is 0 Å². The molecule has 0 saturated carbocycles. The summed E-state index contributed by atoms with van der Waals surface area (Å²) in [4.78, 5) is 6.43. The van der Waals surface area contributed by atoms with E-state index in [-0.39, 0.29) is 6.04 Å². The fraction of sp³-hybridized carbons (Fsp3) is 0.385. The molecule has 0 fully saturated rings. The van der Waals surface area contributed by atoms with Crippen molar-refractivity contribution in [1.29, 1.82) is 0 Å². The number of rotatable bonds is 0. The molecule has 2 aromatic rings. The van der Waals surface area contributed by atoms with Gasteiger partial charge in [0.05, 0.1) is 11.7 Å². The molecule has 0 bridgehead atoms. The molecule has 1 atom stereocenters. The number of fused-ring (bicyclic) bond motifs is 3. The number of pyridine rings is 1. The van der Waals surface area contributed by atoms with Crippen LogP contribution in [0.25, 0.3) is 11.3 Å². The fourth-order valence-corrected chi connectivity index (χ4v) is 2.67. The van der Waals surface area contributed by atoms with Crippen LogP contribution in [-0.2, 0) is 7.05 Å². The maximum Gasteiger partial charge on any atom is 0.147 e. The Morgan fingerprint density at radius 2 is 2.06 bits per heavy atom. The van der Waals surface area contributed by atoms with E-state index in [4.69, 9.17) is 5.73 Å². The molecule has 3 heterocycles. The highest BCUT2D eigenvalue weighted by atomic mass is 15.3. The minimum atomic E-state index is 0.257. The van der Waals surface area contributed by atoms with E-state index in [0.717, 1.165) is 22.5 Å². The minimum Gasteiger partial charge on any atom is -0.382 e. The van der Waals surface area contributed by atoms with Gasteiger partial charge in [-0.2, -0.15) is 5.10 Å². The summed E-state index contributed by atoms with van der Waals surface area (Å²) in [5.41, 5.74) is 11.5. The molecule has 18 heavy (non-hydrogen) atoms. The predicted molar refractivity (Wildman–Crippen MR) is 72.4 cm³/mol. The number of aromatic nitrogens is 3. The van der Waals surface area contributed by atoms with Gasteiger partial charge in [-0.05, 0) is 19.4 Å². The largest absolute Gasteiger partial charge is 0.382 e. The Morgan fingerprint density at radius 3 is 2.78 bits per heavy atom. The first-order valence-corrected chi connectivity index (χ1v) is 6.02. The second-order valence-electron chi connectivity index (χ2n) is 4.94. The summed E-state index contributed by atoms with van der Waals surface area (Å²) in [6.45, 7) is 4.21. The third-order valence-corrected chi connectivity index (χ3v) is 3.75. The molecule has 0 spiro atoms. The van der Waals surface area contributed by atoms with Crippen LogP contribution < -0.4 is 10.6 Å². The van der Waals surface area contributed by atoms with Crippen molar-refractivity contribution in [3.8, 4) is 11.3 Å². The van der Waals surface area contributed by atoms with Crippen molar-refractivity contribution in [2.45, 2.75) is 19.9 Å². The van der Waals surface area contributed by atoms with Gasteiger partial charge in [0.15, 0.2) is 0 Å². The Kier molecular flexibility index (Phi) is 2.14. The van der Waals surface area contributed by atoms with Crippen molar-refractivity contribution in [2.24, 2.45) is 7.05 Å². The number of nitrogen functional groups attached to an aromatic ring is 1. The van der Waals surface area contributed by atoms with E-state index >= 15 is 0 Å². The van der Waals surface area contributed by atoms with Crippen LogP contribution in [0.4, 0.5) is 11.5 Å². The molecule has 5 heteroatoms. The smallest absolute Gasteiger partial charge is 0.147 e. The molecule has 1 unspecified atom stereocenters. The molecular formula is C13H17N5. The predicted octanol–water partition coefficient (Wildman–Crippen LogP) is 1.88. The van der Waals surface area contributed by atoms with Crippen LogP contribution in [-0.4, -0.2) is 21.8 Å². The third kappa shape index (κ3) is 1.27. The minimum absolute atomic E-state index is 0.257. The zero-order valence-corrected chi connectivity index (χ0v) is 11.1. The first-order chi connectivity index (χ1) is 8.50. The maximum atomic E-state index is 6.04. The van der Waals surface area contributed by atoms with Gasteiger partial charge in [-0.25, -0.2) is 4.98 Å². The highest BCUT2D eigenvalue weighted by Gasteiger charge is 2.31. The van der Waals surface area contributed by atoms with Crippen molar-refractivity contribution in [3.05, 3.63) is 23.5 Å². The molecule has 0 amide bonds. The first-order valence-electron chi connectivity index (χ1n) is 6.02. The second kappa shape index (κ2) is 3.48. The second-order valence-corrected chi connectivity index (χ2v) is 4.94. The Labute approximate surface area is 106 Å². The van der Waals surface area contributed by atoms with Crippen LogP contribution in [0, 0.1) is 6.92 Å². The van der Waals surface area contributed by atoms with Crippen LogP contribution in [0.15, 0.2) is 12.4 Å². The summed E-state index contributed by atoms with van der Waals surface area (Å²) >= 11 is 0. The topological polar surface area (TPSA) is 60.0 Å². The molecule has 94 valence electrons. The normalized spacial score (nSPS) is 17.6. The molecule has 0 saturated heterocycles. The molecule has 5 nitrogen and oxygen atoms in total. The van der Waals surface area contributed by atoms with Crippen LogP contribution in [0.3, 0.4) is 0 Å². The molecular weight excluding hydrogens is 226 g/mol. The SMILES string of the molecule is Cc1cnc(N)c2c1-c1nn(C)cc1C(C)N2C. The average molecular weight is 243 g/mol. The average Bonchev–Trinajstić information content (AvgIpc) is 2.71. The number of aryl methyl sites for hydroxylation is 2. The number of hydrogen-bond donors (Lipinski definition) is 1. The van der Waals surface area contributed by atoms with Crippen LogP contribution >= 0.6 is 0 Å². The lowest BCUT2D eigenvalue weighted by atomic mass is 9.93. The standard InChI is InChI=1S/C13H17N5/c1-7-5-15-13(14)12-10(7)11-9(6-17(3)16-11)8(2)18(12)4/h5-6,8H,1-4H3,(H2,14,15). The molecule has 1 aliphatic heterocycles. The Morgan fingerprint density at radius 1 is 1.33 bits per heavy atom. The van der Waals surface area contributed by atoms with Crippen molar-refractivity contribution in [3.63, 3.8) is 0 Å². The van der Waals surface area contributed by atoms with Crippen molar-refractivity contribution in [2.75, 3.05) is 17.7 Å². The van der Waals surface area contributed by atoms with Crippen LogP contribution in [0.5, 0.6) is 0 Å². The number of nitrogens with two attached hydrogens (primary N) is 1. The van der Waals surface area contributed by atoms with Crippen molar-refractivity contribution >= 4 is 11.5 Å². The van der Waals surface area contributed by atoms with Gasteiger partial charge in [-0.1, -0.05) is 0 Å². The van der Waals surface area contributed by atoms with Crippen molar-refractivity contribution < 1.29 is 0 Å². The van der Waals surface area contributed by atoms with E-state index in [1.165, 1.54) is 5.56 Å². The van der Waals surface area contributed by atoms with E-state index in [9.17, 15) is 0 Å². The summed E-state index contributed by atoms with van der Waals surface area (Å²) in [6.07, 6.45) is 3.89. The molecule has 0 radical (unpaired) electrons. The van der Waals surface area contributed by atoms with Crippen LogP contribution in [0.1, 0.15) is 24.1 Å². The number of anilines is 2. The summed E-state index contributed by atoms with van der Waals surface area (Å²) < 4.78 is 1.86. The van der Waals surface area contributed by atoms with E-state index in [0.29, 0.717) is 5.82 Å². The van der Waals surface area contributed by atoms with Gasteiger partial charge in [0.1, 0.15) is 11.5 Å². The first kappa shape index (κ1) is 11.1. The van der Waals surface area contributed by atoms with E-state index in [1.807, 2.05) is 24.9 Å². The van der Waals surface area contributed by atoms with Gasteiger partial charge in [0.2, 0.25) is 0 Å². The Balaban J connectivity index is 2.40. The molecule has 0 aromatic carbocycles. The molecule has 2 N–H and O–H groups in total. The molecule has 2 aromatic heterocycles. The third-order valence-electron chi connectivity index (χ3n) is 3.75. The highest BCUT2D eigenvalue weighted by molar-refractivity contribution is 5.89. The van der Waals surface area contributed by atoms with E-state index < -0.39 is 0 Å². The lowest BCUT2D eigenvalue weighted by Gasteiger charge is -2.34. The summed E-state index contributed by atoms with van der Waals surface area (Å²) in [5, 5.41) is 4.59. The monoisotopic (exact) mass is 243 g/mol. The Bertz CT molecular complexity index is 629. The van der Waals surface area contributed by atoms with Gasteiger partial charge < -0.3 is 10.6 Å². The number of nitrogens with zero attached hydrogens (tertiary/aromatic N) is 4. The lowest BCUT2D eigenvalue weighted by Crippen LogP contribution is -2.27. The van der Waals surface area contributed by atoms with E-state index in [2.05, 4.69) is 35.2 Å². The van der Waals surface area contributed by atoms with Gasteiger partial charge in [0, 0.05) is 37.6 Å². The number of hydrogen-bond acceptors (Lipinski definition) is 4. The van der Waals surface area contributed by atoms with Gasteiger partial charge in [-0.3, -0.25) is 4.68 Å². The quantitative estimate of drug-likeness (QED) is 0.767. The van der Waals surface area contributed by atoms with Gasteiger partial charge in [-0.15, -0.1) is 0 Å². The zero-order chi connectivity index (χ0) is 13.0. The van der Waals surface area contributed by atoms with Crippen LogP contribution in [0.2, 0.25) is 0 Å². The molecule has 1 aliphatic rings. The van der Waals surface area contributed by atoms with Crippen molar-refractivity contribution in [1.82, 2.24) is 14.8 Å². The maximum absolute atomic E-state index is 6.04. The lowest BCUT2D eigenvalue weighted by molar-refractivity contribution is 0.728. The van der Waals surface area contributed by atoms with E-state index in [1.54, 1.807) is 0 Å². The zero-order valence-electron chi connectivity index (χ0n) is 11.1. The Hall–Kier alpha value is -2.04. The summed E-state index contributed by atoms with van der Waals surface area (Å²) in [5.74, 6) is 0.571. The summed E-state index contributed by atoms with van der Waals surface area (Å²) in [6, 6.07) is 0.257.